The predicted octanol–water partition coefficient (Wildman–Crippen LogP) is 4.70. The number of hydrogen-bond acceptors (Lipinski definition) is 8. The minimum Gasteiger partial charge on any atom is -0.461 e. The van der Waals surface area contributed by atoms with Gasteiger partial charge in [0.15, 0.2) is 5.82 Å². The van der Waals surface area contributed by atoms with Crippen molar-refractivity contribution in [3.8, 4) is 17.3 Å². The van der Waals surface area contributed by atoms with Gasteiger partial charge in [-0.2, -0.15) is 9.97 Å². The minimum atomic E-state index is -0.511. The summed E-state index contributed by atoms with van der Waals surface area (Å²) < 4.78 is 23.1. The van der Waals surface area contributed by atoms with Gasteiger partial charge in [0.25, 0.3) is 0 Å². The van der Waals surface area contributed by atoms with E-state index >= 15 is 4.39 Å². The minimum absolute atomic E-state index is 0.135. The largest absolute Gasteiger partial charge is 0.461 e. The molecular formula is C33H35ClFN7O2. The molecule has 6 heterocycles. The Kier molecular flexibility index (Phi) is 7.03. The Balaban J connectivity index is 1.20. The summed E-state index contributed by atoms with van der Waals surface area (Å²) in [6, 6.07) is 12.6. The molecule has 9 nitrogen and oxygen atoms in total. The summed E-state index contributed by atoms with van der Waals surface area (Å²) in [5, 5.41) is 9.32. The number of aromatic nitrogens is 3. The van der Waals surface area contributed by atoms with E-state index in [0.717, 1.165) is 75.3 Å². The Bertz CT molecular complexity index is 1740. The van der Waals surface area contributed by atoms with Gasteiger partial charge in [0, 0.05) is 59.9 Å². The van der Waals surface area contributed by atoms with Crippen molar-refractivity contribution in [1.29, 1.82) is 0 Å². The van der Waals surface area contributed by atoms with Crippen LogP contribution in [-0.2, 0) is 4.79 Å². The number of benzene rings is 2. The first-order valence-electron chi connectivity index (χ1n) is 15.6. The number of pyridine rings is 1. The second kappa shape index (κ2) is 11.1. The molecule has 11 heteroatoms. The molecule has 2 aromatic heterocycles. The second-order valence-electron chi connectivity index (χ2n) is 12.7. The van der Waals surface area contributed by atoms with Crippen LogP contribution in [0.2, 0.25) is 5.02 Å². The van der Waals surface area contributed by atoms with E-state index in [2.05, 4.69) is 25.4 Å². The monoisotopic (exact) mass is 615 g/mol. The summed E-state index contributed by atoms with van der Waals surface area (Å²) in [5.74, 6) is 0.153. The standard InChI is InChI=1S/C33H35ClFN7O2/c34-26-7-2-5-20-4-1-6-24(27(20)26)29-28(35)30-25(15-37-29)31(41-16-21-8-9-22(17-41)38-21)40-32(39-30)44-18-33-11-3-13-42(33)23(10-12-33)14-36-19-43/h1-2,4-7,15,19,21-23,38H,3,8-14,16-18H2,(H,36,43)/t21?,22?,23-,33-/m1/s1. The maximum atomic E-state index is 16.7. The summed E-state index contributed by atoms with van der Waals surface area (Å²) in [6.07, 6.45) is 8.75. The quantitative estimate of drug-likeness (QED) is 0.276. The third-order valence-electron chi connectivity index (χ3n) is 10.2. The molecule has 2 bridgehead atoms. The van der Waals surface area contributed by atoms with E-state index in [9.17, 15) is 4.79 Å². The van der Waals surface area contributed by atoms with E-state index in [4.69, 9.17) is 26.3 Å². The van der Waals surface area contributed by atoms with Crippen LogP contribution in [0.15, 0.2) is 42.6 Å². The number of ether oxygens (including phenoxy) is 1. The van der Waals surface area contributed by atoms with Crippen LogP contribution in [0, 0.1) is 5.82 Å². The molecule has 44 heavy (non-hydrogen) atoms. The van der Waals surface area contributed by atoms with Crippen LogP contribution < -0.4 is 20.3 Å². The van der Waals surface area contributed by atoms with Crippen LogP contribution in [0.25, 0.3) is 32.9 Å². The summed E-state index contributed by atoms with van der Waals surface area (Å²) in [4.78, 5) is 30.0. The lowest BCUT2D eigenvalue weighted by Gasteiger charge is -2.35. The highest BCUT2D eigenvalue weighted by Gasteiger charge is 2.49. The SMILES string of the molecule is O=CNC[C@H]1CC[C@@]2(COc3nc(N4CC5CCC(C4)N5)c4cnc(-c5cccc6cccc(Cl)c56)c(F)c4n3)CCCN12. The molecule has 4 aliphatic heterocycles. The molecule has 2 aromatic carbocycles. The van der Waals surface area contributed by atoms with Gasteiger partial charge in [-0.25, -0.2) is 4.39 Å². The number of piperazine rings is 1. The molecule has 0 aliphatic carbocycles. The van der Waals surface area contributed by atoms with E-state index < -0.39 is 5.82 Å². The van der Waals surface area contributed by atoms with E-state index in [1.54, 1.807) is 6.20 Å². The Labute approximate surface area is 260 Å². The zero-order chi connectivity index (χ0) is 29.8. The molecule has 4 aromatic rings. The van der Waals surface area contributed by atoms with E-state index in [1.165, 1.54) is 0 Å². The number of carbonyl (C=O) groups is 1. The molecule has 2 N–H and O–H groups in total. The van der Waals surface area contributed by atoms with Crippen LogP contribution in [0.1, 0.15) is 38.5 Å². The summed E-state index contributed by atoms with van der Waals surface area (Å²) in [5.41, 5.74) is 0.889. The van der Waals surface area contributed by atoms with Crippen molar-refractivity contribution in [3.63, 3.8) is 0 Å². The van der Waals surface area contributed by atoms with Gasteiger partial charge in [0.05, 0.1) is 10.9 Å². The van der Waals surface area contributed by atoms with Crippen LogP contribution in [-0.4, -0.2) is 82.7 Å². The number of hydrogen-bond donors (Lipinski definition) is 2. The highest BCUT2D eigenvalue weighted by molar-refractivity contribution is 6.36. The Morgan fingerprint density at radius 1 is 1.11 bits per heavy atom. The van der Waals surface area contributed by atoms with Crippen molar-refractivity contribution in [1.82, 2.24) is 30.5 Å². The molecule has 0 saturated carbocycles. The van der Waals surface area contributed by atoms with Crippen LogP contribution in [0.4, 0.5) is 10.2 Å². The molecule has 2 unspecified atom stereocenters. The fourth-order valence-corrected chi connectivity index (χ4v) is 8.47. The van der Waals surface area contributed by atoms with Crippen molar-refractivity contribution in [2.45, 2.75) is 62.2 Å². The van der Waals surface area contributed by atoms with Crippen molar-refractivity contribution >= 4 is 45.5 Å². The van der Waals surface area contributed by atoms with E-state index in [-0.39, 0.29) is 28.8 Å². The lowest BCUT2D eigenvalue weighted by Crippen LogP contribution is -2.51. The van der Waals surface area contributed by atoms with Gasteiger partial charge in [0.2, 0.25) is 6.41 Å². The molecule has 1 amide bonds. The smallest absolute Gasteiger partial charge is 0.319 e. The molecular weight excluding hydrogens is 581 g/mol. The van der Waals surface area contributed by atoms with Gasteiger partial charge in [0.1, 0.15) is 23.6 Å². The first-order chi connectivity index (χ1) is 21.5. The van der Waals surface area contributed by atoms with Crippen LogP contribution in [0.5, 0.6) is 6.01 Å². The van der Waals surface area contributed by atoms with Crippen molar-refractivity contribution < 1.29 is 13.9 Å². The van der Waals surface area contributed by atoms with Crippen LogP contribution >= 0.6 is 11.6 Å². The van der Waals surface area contributed by atoms with E-state index in [0.29, 0.717) is 47.0 Å². The number of carbonyl (C=O) groups excluding carboxylic acids is 1. The first kappa shape index (κ1) is 27.9. The number of nitrogens with one attached hydrogen (secondary N) is 2. The second-order valence-corrected chi connectivity index (χ2v) is 13.1. The molecule has 228 valence electrons. The van der Waals surface area contributed by atoms with Gasteiger partial charge < -0.3 is 20.3 Å². The van der Waals surface area contributed by atoms with Gasteiger partial charge in [-0.15, -0.1) is 0 Å². The zero-order valence-corrected chi connectivity index (χ0v) is 25.2. The fraction of sp³-hybridized carbons (Fsp3) is 0.455. The van der Waals surface area contributed by atoms with Gasteiger partial charge >= 0.3 is 6.01 Å². The van der Waals surface area contributed by atoms with E-state index in [1.807, 2.05) is 36.4 Å². The molecule has 0 radical (unpaired) electrons. The lowest BCUT2D eigenvalue weighted by atomic mass is 9.95. The molecule has 8 rings (SSSR count). The van der Waals surface area contributed by atoms with Gasteiger partial charge in [-0.05, 0) is 56.5 Å². The van der Waals surface area contributed by atoms with Gasteiger partial charge in [-0.3, -0.25) is 14.7 Å². The Morgan fingerprint density at radius 3 is 2.75 bits per heavy atom. The maximum Gasteiger partial charge on any atom is 0.319 e. The van der Waals surface area contributed by atoms with Crippen LogP contribution in [0.3, 0.4) is 0 Å². The number of rotatable bonds is 8. The van der Waals surface area contributed by atoms with Gasteiger partial charge in [-0.1, -0.05) is 41.9 Å². The number of nitrogens with zero attached hydrogens (tertiary/aromatic N) is 5. The van der Waals surface area contributed by atoms with Crippen molar-refractivity contribution in [3.05, 3.63) is 53.4 Å². The average molecular weight is 616 g/mol. The summed E-state index contributed by atoms with van der Waals surface area (Å²) >= 11 is 6.62. The molecule has 4 fully saturated rings. The fourth-order valence-electron chi connectivity index (χ4n) is 8.19. The van der Waals surface area contributed by atoms with Crippen molar-refractivity contribution in [2.75, 3.05) is 37.7 Å². The first-order valence-corrected chi connectivity index (χ1v) is 16.0. The third-order valence-corrected chi connectivity index (χ3v) is 10.5. The number of amides is 1. The maximum absolute atomic E-state index is 16.7. The topological polar surface area (TPSA) is 95.5 Å². The Hall–Kier alpha value is -3.60. The number of anilines is 1. The molecule has 0 spiro atoms. The highest BCUT2D eigenvalue weighted by Crippen LogP contribution is 2.43. The number of halogens is 2. The predicted molar refractivity (Wildman–Crippen MR) is 169 cm³/mol. The highest BCUT2D eigenvalue weighted by atomic mass is 35.5. The third kappa shape index (κ3) is 4.66. The lowest BCUT2D eigenvalue weighted by molar-refractivity contribution is -0.109. The molecule has 4 aliphatic rings. The summed E-state index contributed by atoms with van der Waals surface area (Å²) in [6.45, 7) is 3.59. The Morgan fingerprint density at radius 2 is 1.93 bits per heavy atom. The summed E-state index contributed by atoms with van der Waals surface area (Å²) in [7, 11) is 0. The zero-order valence-electron chi connectivity index (χ0n) is 24.4. The normalized spacial score (nSPS) is 26.4. The van der Waals surface area contributed by atoms with Crippen molar-refractivity contribution in [2.24, 2.45) is 0 Å². The average Bonchev–Trinajstić information content (AvgIpc) is 3.71. The number of fused-ring (bicyclic) bond motifs is 5. The molecule has 4 atom stereocenters. The molecule has 4 saturated heterocycles.